The molecule has 2 N–H and O–H groups in total. The summed E-state index contributed by atoms with van der Waals surface area (Å²) in [6.45, 7) is 4.55. The van der Waals surface area contributed by atoms with Crippen LogP contribution in [-0.4, -0.2) is 38.3 Å². The van der Waals surface area contributed by atoms with Crippen molar-refractivity contribution in [2.75, 3.05) is 26.3 Å². The van der Waals surface area contributed by atoms with Gasteiger partial charge in [0.15, 0.2) is 0 Å². The summed E-state index contributed by atoms with van der Waals surface area (Å²) in [5.74, 6) is -0.367. The molecule has 0 radical (unpaired) electrons. The molecule has 21 heavy (non-hydrogen) atoms. The Balaban J connectivity index is 1.76. The van der Waals surface area contributed by atoms with Crippen LogP contribution in [0.5, 0.6) is 0 Å². The van der Waals surface area contributed by atoms with Crippen LogP contribution in [0.1, 0.15) is 18.9 Å². The largest absolute Gasteiger partial charge is 0.379 e. The Bertz CT molecular complexity index is 467. The Kier molecular flexibility index (Phi) is 6.14. The Hall–Kier alpha value is -1.46. The summed E-state index contributed by atoms with van der Waals surface area (Å²) in [4.78, 5) is 12.2. The average Bonchev–Trinajstić information content (AvgIpc) is 2.93. The fraction of sp³-hybridized carbons (Fsp3) is 0.562. The van der Waals surface area contributed by atoms with E-state index in [0.717, 1.165) is 18.5 Å². The highest BCUT2D eigenvalue weighted by Crippen LogP contribution is 2.14. The van der Waals surface area contributed by atoms with E-state index < -0.39 is 0 Å². The van der Waals surface area contributed by atoms with Gasteiger partial charge in [-0.05, 0) is 37.1 Å². The molecule has 1 amide bonds. The highest BCUT2D eigenvalue weighted by atomic mass is 19.1. The zero-order valence-electron chi connectivity index (χ0n) is 12.4. The molecule has 1 aromatic rings. The van der Waals surface area contributed by atoms with Crippen LogP contribution in [0.15, 0.2) is 24.3 Å². The summed E-state index contributed by atoms with van der Waals surface area (Å²) in [5, 5.41) is 6.26. The number of carbonyl (C=O) groups excluding carboxylic acids is 1. The second-order valence-corrected chi connectivity index (χ2v) is 5.38. The van der Waals surface area contributed by atoms with Crippen molar-refractivity contribution >= 4 is 5.91 Å². The highest BCUT2D eigenvalue weighted by molar-refractivity contribution is 5.79. The molecule has 1 aromatic carbocycles. The van der Waals surface area contributed by atoms with Crippen LogP contribution in [0, 0.1) is 11.7 Å². The van der Waals surface area contributed by atoms with Gasteiger partial charge in [-0.15, -0.1) is 0 Å². The monoisotopic (exact) mass is 294 g/mol. The molecule has 0 aromatic heterocycles. The van der Waals surface area contributed by atoms with Crippen LogP contribution in [0.3, 0.4) is 0 Å². The second kappa shape index (κ2) is 8.10. The van der Waals surface area contributed by atoms with Gasteiger partial charge < -0.3 is 15.4 Å². The molecule has 2 unspecified atom stereocenters. The maximum Gasteiger partial charge on any atom is 0.227 e. The lowest BCUT2D eigenvalue weighted by Gasteiger charge is -2.18. The van der Waals surface area contributed by atoms with Crippen molar-refractivity contribution in [1.82, 2.24) is 10.6 Å². The van der Waals surface area contributed by atoms with Gasteiger partial charge in [0.25, 0.3) is 0 Å². The third-order valence-corrected chi connectivity index (χ3v) is 3.68. The maximum atomic E-state index is 13.1. The molecule has 1 fully saturated rings. The van der Waals surface area contributed by atoms with Crippen LogP contribution in [-0.2, 0) is 16.0 Å². The topological polar surface area (TPSA) is 50.4 Å². The van der Waals surface area contributed by atoms with Crippen molar-refractivity contribution in [3.63, 3.8) is 0 Å². The van der Waals surface area contributed by atoms with Crippen LogP contribution >= 0.6 is 0 Å². The van der Waals surface area contributed by atoms with Gasteiger partial charge in [-0.3, -0.25) is 4.79 Å². The Morgan fingerprint density at radius 3 is 3.00 bits per heavy atom. The van der Waals surface area contributed by atoms with E-state index in [4.69, 9.17) is 4.74 Å². The fourth-order valence-electron chi connectivity index (χ4n) is 2.50. The summed E-state index contributed by atoms with van der Waals surface area (Å²) < 4.78 is 18.5. The highest BCUT2D eigenvalue weighted by Gasteiger charge is 2.33. The van der Waals surface area contributed by atoms with E-state index in [9.17, 15) is 9.18 Å². The van der Waals surface area contributed by atoms with Crippen LogP contribution < -0.4 is 10.6 Å². The molecule has 0 bridgehead atoms. The molecule has 2 rings (SSSR count). The fourth-order valence-corrected chi connectivity index (χ4v) is 2.50. The van der Waals surface area contributed by atoms with Gasteiger partial charge in [0.05, 0.1) is 19.1 Å². The molecular formula is C16H23FN2O2. The van der Waals surface area contributed by atoms with Crippen molar-refractivity contribution in [2.24, 2.45) is 5.92 Å². The third-order valence-electron chi connectivity index (χ3n) is 3.68. The molecule has 0 spiro atoms. The molecule has 1 aliphatic rings. The Morgan fingerprint density at radius 1 is 1.38 bits per heavy atom. The molecule has 0 saturated carbocycles. The average molecular weight is 294 g/mol. The lowest BCUT2D eigenvalue weighted by atomic mass is 10.0. The normalized spacial score (nSPS) is 21.4. The van der Waals surface area contributed by atoms with Crippen molar-refractivity contribution in [1.29, 1.82) is 0 Å². The van der Waals surface area contributed by atoms with Gasteiger partial charge in [0.2, 0.25) is 5.91 Å². The number of hydrogen-bond donors (Lipinski definition) is 2. The molecule has 0 aliphatic carbocycles. The van der Waals surface area contributed by atoms with Gasteiger partial charge in [0, 0.05) is 12.6 Å². The van der Waals surface area contributed by atoms with Gasteiger partial charge in [-0.1, -0.05) is 19.1 Å². The zero-order chi connectivity index (χ0) is 15.1. The predicted molar refractivity (Wildman–Crippen MR) is 79.5 cm³/mol. The van der Waals surface area contributed by atoms with Crippen molar-refractivity contribution in [3.05, 3.63) is 35.6 Å². The van der Waals surface area contributed by atoms with E-state index in [2.05, 4.69) is 17.6 Å². The minimum absolute atomic E-state index is 0.0116. The summed E-state index contributed by atoms with van der Waals surface area (Å²) in [6.07, 6.45) is 1.66. The second-order valence-electron chi connectivity index (χ2n) is 5.38. The lowest BCUT2D eigenvalue weighted by Crippen LogP contribution is -2.44. The number of benzene rings is 1. The number of nitrogens with one attached hydrogen (secondary N) is 2. The third kappa shape index (κ3) is 4.79. The van der Waals surface area contributed by atoms with E-state index in [1.54, 1.807) is 6.07 Å². The maximum absolute atomic E-state index is 13.1. The van der Waals surface area contributed by atoms with E-state index in [0.29, 0.717) is 26.2 Å². The Morgan fingerprint density at radius 2 is 2.24 bits per heavy atom. The van der Waals surface area contributed by atoms with Crippen LogP contribution in [0.4, 0.5) is 4.39 Å². The van der Waals surface area contributed by atoms with Crippen LogP contribution in [0.2, 0.25) is 0 Å². The molecular weight excluding hydrogens is 271 g/mol. The lowest BCUT2D eigenvalue weighted by molar-refractivity contribution is -0.125. The summed E-state index contributed by atoms with van der Waals surface area (Å²) in [5.41, 5.74) is 0.888. The van der Waals surface area contributed by atoms with Crippen molar-refractivity contribution < 1.29 is 13.9 Å². The number of carbonyl (C=O) groups is 1. The first kappa shape index (κ1) is 15.9. The molecule has 1 heterocycles. The number of hydrogen-bond acceptors (Lipinski definition) is 3. The molecule has 1 aliphatic heterocycles. The number of amides is 1. The van der Waals surface area contributed by atoms with E-state index in [-0.39, 0.29) is 23.7 Å². The first-order valence-corrected chi connectivity index (χ1v) is 7.54. The summed E-state index contributed by atoms with van der Waals surface area (Å²) >= 11 is 0. The summed E-state index contributed by atoms with van der Waals surface area (Å²) in [6, 6.07) is 6.55. The molecule has 1 saturated heterocycles. The van der Waals surface area contributed by atoms with E-state index in [1.807, 2.05) is 6.07 Å². The molecule has 4 nitrogen and oxygen atoms in total. The first-order valence-electron chi connectivity index (χ1n) is 7.54. The molecule has 5 heteroatoms. The van der Waals surface area contributed by atoms with Gasteiger partial charge in [-0.25, -0.2) is 4.39 Å². The van der Waals surface area contributed by atoms with Gasteiger partial charge in [0.1, 0.15) is 5.82 Å². The molecule has 2 atom stereocenters. The number of rotatable bonds is 7. The minimum atomic E-state index is -0.244. The van der Waals surface area contributed by atoms with Crippen molar-refractivity contribution in [3.8, 4) is 0 Å². The van der Waals surface area contributed by atoms with Crippen LogP contribution in [0.25, 0.3) is 0 Å². The number of halogens is 1. The van der Waals surface area contributed by atoms with E-state index >= 15 is 0 Å². The first-order chi connectivity index (χ1) is 10.2. The smallest absolute Gasteiger partial charge is 0.227 e. The van der Waals surface area contributed by atoms with Gasteiger partial charge in [-0.2, -0.15) is 0 Å². The number of ether oxygens (including phenoxy) is 1. The predicted octanol–water partition coefficient (Wildman–Crippen LogP) is 1.50. The SMILES string of the molecule is CCCNC1COCC1C(=O)NCCc1cccc(F)c1. The van der Waals surface area contributed by atoms with Crippen molar-refractivity contribution in [2.45, 2.75) is 25.8 Å². The van der Waals surface area contributed by atoms with E-state index in [1.165, 1.54) is 12.1 Å². The Labute approximate surface area is 125 Å². The minimum Gasteiger partial charge on any atom is -0.379 e. The zero-order valence-corrected chi connectivity index (χ0v) is 12.4. The van der Waals surface area contributed by atoms with Gasteiger partial charge >= 0.3 is 0 Å². The summed E-state index contributed by atoms with van der Waals surface area (Å²) in [7, 11) is 0. The molecule has 116 valence electrons. The quantitative estimate of drug-likeness (QED) is 0.801. The standard InChI is InChI=1S/C16H23FN2O2/c1-2-7-18-15-11-21-10-14(15)16(20)19-8-6-12-4-3-5-13(17)9-12/h3-5,9,14-15,18H,2,6-8,10-11H2,1H3,(H,19,20).